The zero-order valence-corrected chi connectivity index (χ0v) is 13.4. The maximum absolute atomic E-state index is 12.5. The van der Waals surface area contributed by atoms with E-state index in [0.717, 1.165) is 10.4 Å². The number of benzene rings is 1. The highest BCUT2D eigenvalue weighted by atomic mass is 35.5. The van der Waals surface area contributed by atoms with Gasteiger partial charge in [0.1, 0.15) is 17.0 Å². The van der Waals surface area contributed by atoms with Gasteiger partial charge in [-0.15, -0.1) is 11.3 Å². The molecule has 112 valence electrons. The molecule has 1 aromatic carbocycles. The second-order valence-electron chi connectivity index (χ2n) is 4.73. The Hall–Kier alpha value is -2.11. The van der Waals surface area contributed by atoms with Crippen LogP contribution in [0.5, 0.6) is 0 Å². The number of aromatic nitrogens is 1. The lowest BCUT2D eigenvalue weighted by Crippen LogP contribution is -2.23. The van der Waals surface area contributed by atoms with E-state index in [1.807, 2.05) is 29.6 Å². The molecule has 0 radical (unpaired) electrons. The second kappa shape index (κ2) is 6.34. The molecule has 1 amide bonds. The SMILES string of the molecule is Cc1onc(-c2cccc(Cl)c2)c1C(=O)NCc1cccs1. The Morgan fingerprint density at radius 2 is 2.23 bits per heavy atom. The fourth-order valence-corrected chi connectivity index (χ4v) is 2.98. The number of hydrogen-bond donors (Lipinski definition) is 1. The van der Waals surface area contributed by atoms with Gasteiger partial charge < -0.3 is 9.84 Å². The van der Waals surface area contributed by atoms with Gasteiger partial charge in [-0.05, 0) is 30.5 Å². The Morgan fingerprint density at radius 1 is 1.36 bits per heavy atom. The first-order chi connectivity index (χ1) is 10.6. The predicted octanol–water partition coefficient (Wildman–Crippen LogP) is 4.29. The van der Waals surface area contributed by atoms with Gasteiger partial charge in [0.05, 0.1) is 6.54 Å². The van der Waals surface area contributed by atoms with Gasteiger partial charge in [0.15, 0.2) is 0 Å². The standard InChI is InChI=1S/C16H13ClN2O2S/c1-10-14(16(20)18-9-13-6-3-7-22-13)15(19-21-10)11-4-2-5-12(17)8-11/h2-8H,9H2,1H3,(H,18,20). The maximum atomic E-state index is 12.5. The van der Waals surface area contributed by atoms with Crippen LogP contribution in [-0.4, -0.2) is 11.1 Å². The van der Waals surface area contributed by atoms with Crippen LogP contribution in [0.25, 0.3) is 11.3 Å². The summed E-state index contributed by atoms with van der Waals surface area (Å²) in [5, 5.41) is 9.45. The molecule has 0 saturated carbocycles. The number of thiophene rings is 1. The number of aryl methyl sites for hydroxylation is 1. The minimum Gasteiger partial charge on any atom is -0.360 e. The molecule has 0 saturated heterocycles. The summed E-state index contributed by atoms with van der Waals surface area (Å²) in [6.07, 6.45) is 0. The van der Waals surface area contributed by atoms with E-state index < -0.39 is 0 Å². The van der Waals surface area contributed by atoms with Crippen LogP contribution in [0.2, 0.25) is 5.02 Å². The predicted molar refractivity (Wildman–Crippen MR) is 87.2 cm³/mol. The van der Waals surface area contributed by atoms with Crippen molar-refractivity contribution in [2.24, 2.45) is 0 Å². The zero-order valence-electron chi connectivity index (χ0n) is 11.8. The van der Waals surface area contributed by atoms with Crippen LogP contribution in [0, 0.1) is 6.92 Å². The summed E-state index contributed by atoms with van der Waals surface area (Å²) in [7, 11) is 0. The van der Waals surface area contributed by atoms with Crippen LogP contribution >= 0.6 is 22.9 Å². The average Bonchev–Trinajstić information content (AvgIpc) is 3.14. The molecule has 2 aromatic heterocycles. The quantitative estimate of drug-likeness (QED) is 0.775. The normalized spacial score (nSPS) is 10.6. The van der Waals surface area contributed by atoms with Crippen molar-refractivity contribution in [3.8, 4) is 11.3 Å². The molecule has 0 spiro atoms. The third kappa shape index (κ3) is 3.05. The lowest BCUT2D eigenvalue weighted by Gasteiger charge is -2.05. The van der Waals surface area contributed by atoms with Gasteiger partial charge in [-0.3, -0.25) is 4.79 Å². The number of hydrogen-bond acceptors (Lipinski definition) is 4. The average molecular weight is 333 g/mol. The van der Waals surface area contributed by atoms with Gasteiger partial charge >= 0.3 is 0 Å². The van der Waals surface area contributed by atoms with E-state index in [4.69, 9.17) is 16.1 Å². The summed E-state index contributed by atoms with van der Waals surface area (Å²) in [5.74, 6) is 0.279. The van der Waals surface area contributed by atoms with Gasteiger partial charge in [-0.2, -0.15) is 0 Å². The van der Waals surface area contributed by atoms with E-state index in [-0.39, 0.29) is 5.91 Å². The van der Waals surface area contributed by atoms with E-state index >= 15 is 0 Å². The number of halogens is 1. The molecule has 0 aliphatic rings. The van der Waals surface area contributed by atoms with Crippen molar-refractivity contribution >= 4 is 28.8 Å². The van der Waals surface area contributed by atoms with Crippen molar-refractivity contribution in [1.82, 2.24) is 10.5 Å². The van der Waals surface area contributed by atoms with Crippen molar-refractivity contribution in [2.75, 3.05) is 0 Å². The molecule has 0 atom stereocenters. The monoisotopic (exact) mass is 332 g/mol. The Morgan fingerprint density at radius 3 is 2.95 bits per heavy atom. The molecular weight excluding hydrogens is 320 g/mol. The van der Waals surface area contributed by atoms with Crippen molar-refractivity contribution < 1.29 is 9.32 Å². The molecule has 2 heterocycles. The largest absolute Gasteiger partial charge is 0.360 e. The molecule has 0 fully saturated rings. The van der Waals surface area contributed by atoms with E-state index in [9.17, 15) is 4.79 Å². The molecule has 6 heteroatoms. The van der Waals surface area contributed by atoms with Crippen LogP contribution in [0.3, 0.4) is 0 Å². The third-order valence-electron chi connectivity index (χ3n) is 3.19. The smallest absolute Gasteiger partial charge is 0.257 e. The Balaban J connectivity index is 1.87. The van der Waals surface area contributed by atoms with Gasteiger partial charge in [-0.1, -0.05) is 35.0 Å². The van der Waals surface area contributed by atoms with Gasteiger partial charge in [0.2, 0.25) is 0 Å². The topological polar surface area (TPSA) is 55.1 Å². The van der Waals surface area contributed by atoms with E-state index in [1.165, 1.54) is 0 Å². The lowest BCUT2D eigenvalue weighted by atomic mass is 10.1. The Kier molecular flexibility index (Phi) is 4.27. The van der Waals surface area contributed by atoms with Crippen LogP contribution in [0.15, 0.2) is 46.3 Å². The molecule has 0 aliphatic heterocycles. The summed E-state index contributed by atoms with van der Waals surface area (Å²) in [6, 6.07) is 11.1. The molecule has 3 aromatic rings. The number of amides is 1. The van der Waals surface area contributed by atoms with Crippen molar-refractivity contribution in [2.45, 2.75) is 13.5 Å². The van der Waals surface area contributed by atoms with Crippen LogP contribution < -0.4 is 5.32 Å². The summed E-state index contributed by atoms with van der Waals surface area (Å²) in [5.41, 5.74) is 1.70. The Bertz CT molecular complexity index is 796. The molecule has 4 nitrogen and oxygen atoms in total. The maximum Gasteiger partial charge on any atom is 0.257 e. The first kappa shape index (κ1) is 14.8. The van der Waals surface area contributed by atoms with Crippen LogP contribution in [0.4, 0.5) is 0 Å². The summed E-state index contributed by atoms with van der Waals surface area (Å²) >= 11 is 7.60. The number of carbonyl (C=O) groups is 1. The van der Waals surface area contributed by atoms with Crippen molar-refractivity contribution in [1.29, 1.82) is 0 Å². The fraction of sp³-hybridized carbons (Fsp3) is 0.125. The van der Waals surface area contributed by atoms with E-state index in [0.29, 0.717) is 28.6 Å². The summed E-state index contributed by atoms with van der Waals surface area (Å²) < 4.78 is 5.20. The summed E-state index contributed by atoms with van der Waals surface area (Å²) in [6.45, 7) is 2.21. The van der Waals surface area contributed by atoms with Gasteiger partial charge in [0.25, 0.3) is 5.91 Å². The molecule has 1 N–H and O–H groups in total. The first-order valence-corrected chi connectivity index (χ1v) is 7.93. The lowest BCUT2D eigenvalue weighted by molar-refractivity contribution is 0.0950. The molecule has 3 rings (SSSR count). The second-order valence-corrected chi connectivity index (χ2v) is 6.20. The summed E-state index contributed by atoms with van der Waals surface area (Å²) in [4.78, 5) is 13.6. The minimum atomic E-state index is -0.206. The number of nitrogens with one attached hydrogen (secondary N) is 1. The molecule has 0 aliphatic carbocycles. The van der Waals surface area contributed by atoms with Gasteiger partial charge in [0, 0.05) is 15.5 Å². The highest BCUT2D eigenvalue weighted by Crippen LogP contribution is 2.27. The zero-order chi connectivity index (χ0) is 15.5. The molecule has 22 heavy (non-hydrogen) atoms. The fourth-order valence-electron chi connectivity index (χ4n) is 2.14. The third-order valence-corrected chi connectivity index (χ3v) is 4.30. The molecule has 0 unspecified atom stereocenters. The van der Waals surface area contributed by atoms with E-state index in [2.05, 4.69) is 10.5 Å². The van der Waals surface area contributed by atoms with Gasteiger partial charge in [-0.25, -0.2) is 0 Å². The van der Waals surface area contributed by atoms with Crippen LogP contribution in [0.1, 0.15) is 21.0 Å². The highest BCUT2D eigenvalue weighted by molar-refractivity contribution is 7.09. The van der Waals surface area contributed by atoms with E-state index in [1.54, 1.807) is 30.4 Å². The van der Waals surface area contributed by atoms with Crippen molar-refractivity contribution in [3.05, 3.63) is 63.0 Å². The Labute approximate surface area is 136 Å². The number of carbonyl (C=O) groups excluding carboxylic acids is 1. The van der Waals surface area contributed by atoms with Crippen molar-refractivity contribution in [3.63, 3.8) is 0 Å². The minimum absolute atomic E-state index is 0.206. The number of nitrogens with zero attached hydrogens (tertiary/aromatic N) is 1. The first-order valence-electron chi connectivity index (χ1n) is 6.68. The molecule has 0 bridgehead atoms. The molecular formula is C16H13ClN2O2S. The highest BCUT2D eigenvalue weighted by Gasteiger charge is 2.21. The van der Waals surface area contributed by atoms with Crippen LogP contribution in [-0.2, 0) is 6.54 Å². The number of rotatable bonds is 4.